The van der Waals surface area contributed by atoms with Crippen LogP contribution in [0.3, 0.4) is 0 Å². The van der Waals surface area contributed by atoms with Gasteiger partial charge in [0.05, 0.1) is 11.8 Å². The molecule has 2 heterocycles. The quantitative estimate of drug-likeness (QED) is 0.484. The lowest BCUT2D eigenvalue weighted by atomic mass is 9.97. The minimum absolute atomic E-state index is 0.0746. The van der Waals surface area contributed by atoms with Gasteiger partial charge >= 0.3 is 0 Å². The Bertz CT molecular complexity index is 1210. The number of hydrogen-bond acceptors (Lipinski definition) is 2. The number of para-hydroxylation sites is 1. The number of benzene rings is 3. The summed E-state index contributed by atoms with van der Waals surface area (Å²) in [5, 5.41) is 7.63. The van der Waals surface area contributed by atoms with Crippen LogP contribution < -0.4 is 0 Å². The third kappa shape index (κ3) is 3.03. The Balaban J connectivity index is 1.62. The molecule has 0 spiro atoms. The summed E-state index contributed by atoms with van der Waals surface area (Å²) in [6, 6.07) is 27.7. The van der Waals surface area contributed by atoms with Crippen molar-refractivity contribution in [3.8, 4) is 0 Å². The van der Waals surface area contributed by atoms with Gasteiger partial charge in [0.1, 0.15) is 0 Å². The summed E-state index contributed by atoms with van der Waals surface area (Å²) >= 11 is 0. The van der Waals surface area contributed by atoms with Crippen molar-refractivity contribution in [2.45, 2.75) is 12.5 Å². The zero-order valence-electron chi connectivity index (χ0n) is 16.2. The molecule has 0 unspecified atom stereocenters. The van der Waals surface area contributed by atoms with Crippen LogP contribution in [0.5, 0.6) is 0 Å². The van der Waals surface area contributed by atoms with E-state index in [-0.39, 0.29) is 11.9 Å². The van der Waals surface area contributed by atoms with Crippen LogP contribution in [0, 0.1) is 0 Å². The fourth-order valence-corrected chi connectivity index (χ4v) is 4.10. The summed E-state index contributed by atoms with van der Waals surface area (Å²) in [5.41, 5.74) is 4.93. The largest absolute Gasteiger partial charge is 0.350 e. The van der Waals surface area contributed by atoms with E-state index >= 15 is 0 Å². The summed E-state index contributed by atoms with van der Waals surface area (Å²) in [6.45, 7) is 0. The van der Waals surface area contributed by atoms with E-state index in [1.54, 1.807) is 5.01 Å². The Morgan fingerprint density at radius 2 is 1.55 bits per heavy atom. The zero-order chi connectivity index (χ0) is 19.8. The highest BCUT2D eigenvalue weighted by molar-refractivity contribution is 6.05. The third-order valence-corrected chi connectivity index (χ3v) is 5.53. The highest BCUT2D eigenvalue weighted by Crippen LogP contribution is 2.38. The van der Waals surface area contributed by atoms with Crippen LogP contribution >= 0.6 is 0 Å². The number of hydrogen-bond donors (Lipinski definition) is 0. The first-order chi connectivity index (χ1) is 14.2. The average molecular weight is 379 g/mol. The molecule has 4 aromatic rings. The van der Waals surface area contributed by atoms with Crippen LogP contribution in [0.4, 0.5) is 0 Å². The molecule has 0 radical (unpaired) electrons. The van der Waals surface area contributed by atoms with Crippen molar-refractivity contribution in [1.29, 1.82) is 0 Å². The van der Waals surface area contributed by atoms with Gasteiger partial charge in [-0.1, -0.05) is 66.7 Å². The highest BCUT2D eigenvalue weighted by Gasteiger charge is 2.35. The molecule has 1 atom stereocenters. The van der Waals surface area contributed by atoms with E-state index in [0.29, 0.717) is 12.0 Å². The third-order valence-electron chi connectivity index (χ3n) is 5.53. The Labute approximate surface area is 169 Å². The molecule has 0 saturated heterocycles. The number of aryl methyl sites for hydroxylation is 1. The highest BCUT2D eigenvalue weighted by atomic mass is 16.2. The maximum absolute atomic E-state index is 13.4. The van der Waals surface area contributed by atoms with Crippen molar-refractivity contribution in [2.75, 3.05) is 0 Å². The molecule has 1 aliphatic rings. The normalized spacial score (nSPS) is 16.2. The predicted octanol–water partition coefficient (Wildman–Crippen LogP) is 5.17. The van der Waals surface area contributed by atoms with Gasteiger partial charge in [-0.05, 0) is 23.8 Å². The molecule has 4 nitrogen and oxygen atoms in total. The monoisotopic (exact) mass is 379 g/mol. The van der Waals surface area contributed by atoms with Crippen LogP contribution in [0.1, 0.15) is 33.9 Å². The first-order valence-corrected chi connectivity index (χ1v) is 9.78. The van der Waals surface area contributed by atoms with E-state index in [1.807, 2.05) is 67.7 Å². The number of rotatable bonds is 3. The lowest BCUT2D eigenvalue weighted by molar-refractivity contribution is 0.0712. The van der Waals surface area contributed by atoms with Crippen molar-refractivity contribution in [2.24, 2.45) is 12.1 Å². The van der Waals surface area contributed by atoms with E-state index < -0.39 is 0 Å². The topological polar surface area (TPSA) is 37.6 Å². The number of hydrazone groups is 1. The first kappa shape index (κ1) is 17.4. The molecule has 1 aliphatic heterocycles. The molecule has 0 aliphatic carbocycles. The van der Waals surface area contributed by atoms with Gasteiger partial charge < -0.3 is 4.57 Å². The van der Waals surface area contributed by atoms with Gasteiger partial charge in [0.15, 0.2) is 0 Å². The van der Waals surface area contributed by atoms with E-state index in [1.165, 1.54) is 0 Å². The van der Waals surface area contributed by atoms with Crippen molar-refractivity contribution >= 4 is 22.5 Å². The summed E-state index contributed by atoms with van der Waals surface area (Å²) < 4.78 is 2.12. The molecule has 0 N–H and O–H groups in total. The Morgan fingerprint density at radius 1 is 0.897 bits per heavy atom. The van der Waals surface area contributed by atoms with E-state index in [9.17, 15) is 4.79 Å². The van der Waals surface area contributed by atoms with Gasteiger partial charge in [-0.2, -0.15) is 5.10 Å². The van der Waals surface area contributed by atoms with Gasteiger partial charge in [-0.15, -0.1) is 0 Å². The minimum atomic E-state index is -0.135. The van der Waals surface area contributed by atoms with Gasteiger partial charge in [-0.3, -0.25) is 4.79 Å². The predicted molar refractivity (Wildman–Crippen MR) is 116 cm³/mol. The molecule has 0 bridgehead atoms. The number of carbonyl (C=O) groups excluding carboxylic acids is 1. The molecule has 1 aromatic heterocycles. The number of aromatic nitrogens is 1. The molecule has 1 amide bonds. The average Bonchev–Trinajstić information content (AvgIpc) is 3.36. The maximum Gasteiger partial charge on any atom is 0.274 e. The van der Waals surface area contributed by atoms with Crippen LogP contribution in [0.2, 0.25) is 0 Å². The van der Waals surface area contributed by atoms with Crippen LogP contribution in [0.15, 0.2) is 96.2 Å². The molecular weight excluding hydrogens is 358 g/mol. The van der Waals surface area contributed by atoms with Crippen molar-refractivity contribution in [3.05, 3.63) is 108 Å². The number of nitrogens with zero attached hydrogens (tertiary/aromatic N) is 3. The summed E-state index contributed by atoms with van der Waals surface area (Å²) in [5.74, 6) is -0.0746. The van der Waals surface area contributed by atoms with Gasteiger partial charge in [-0.25, -0.2) is 5.01 Å². The standard InChI is InChI=1S/C25H21N3O/c1-27-17-21(20-14-8-9-15-23(20)27)24-16-22(18-10-4-2-5-11-18)26-28(24)25(29)19-12-6-3-7-13-19/h2-15,17,24H,16H2,1H3/t24-/m1/s1. The first-order valence-electron chi connectivity index (χ1n) is 9.78. The SMILES string of the molecule is Cn1cc([C@H]2CC(c3ccccc3)=NN2C(=O)c2ccccc2)c2ccccc21. The zero-order valence-corrected chi connectivity index (χ0v) is 16.2. The minimum Gasteiger partial charge on any atom is -0.350 e. The number of amides is 1. The summed E-state index contributed by atoms with van der Waals surface area (Å²) in [6.07, 6.45) is 2.82. The fraction of sp³-hybridized carbons (Fsp3) is 0.120. The molecule has 0 fully saturated rings. The van der Waals surface area contributed by atoms with Gasteiger partial charge in [0.2, 0.25) is 0 Å². The Morgan fingerprint density at radius 3 is 2.31 bits per heavy atom. The maximum atomic E-state index is 13.4. The van der Waals surface area contributed by atoms with Gasteiger partial charge in [0.25, 0.3) is 5.91 Å². The van der Waals surface area contributed by atoms with Crippen LogP contribution in [-0.4, -0.2) is 21.2 Å². The Kier molecular flexibility index (Phi) is 4.24. The van der Waals surface area contributed by atoms with Crippen LogP contribution in [0.25, 0.3) is 10.9 Å². The number of carbonyl (C=O) groups is 1. The van der Waals surface area contributed by atoms with E-state index in [0.717, 1.165) is 27.7 Å². The molecule has 0 saturated carbocycles. The van der Waals surface area contributed by atoms with Crippen molar-refractivity contribution in [3.63, 3.8) is 0 Å². The second kappa shape index (κ2) is 7.06. The second-order valence-electron chi connectivity index (χ2n) is 7.36. The van der Waals surface area contributed by atoms with Crippen molar-refractivity contribution in [1.82, 2.24) is 9.58 Å². The van der Waals surface area contributed by atoms with Gasteiger partial charge in [0, 0.05) is 41.7 Å². The lowest BCUT2D eigenvalue weighted by Crippen LogP contribution is -2.27. The molecule has 142 valence electrons. The fourth-order valence-electron chi connectivity index (χ4n) is 4.10. The number of fused-ring (bicyclic) bond motifs is 1. The van der Waals surface area contributed by atoms with E-state index in [4.69, 9.17) is 5.10 Å². The van der Waals surface area contributed by atoms with Crippen LogP contribution in [-0.2, 0) is 7.05 Å². The van der Waals surface area contributed by atoms with Crippen molar-refractivity contribution < 1.29 is 4.79 Å². The van der Waals surface area contributed by atoms with E-state index in [2.05, 4.69) is 35.0 Å². The molecule has 5 rings (SSSR count). The summed E-state index contributed by atoms with van der Waals surface area (Å²) in [4.78, 5) is 13.4. The summed E-state index contributed by atoms with van der Waals surface area (Å²) in [7, 11) is 2.04. The molecule has 4 heteroatoms. The smallest absolute Gasteiger partial charge is 0.274 e. The molecule has 29 heavy (non-hydrogen) atoms. The molecular formula is C25H21N3O. The molecule has 3 aromatic carbocycles. The Hall–Kier alpha value is -3.66. The second-order valence-corrected chi connectivity index (χ2v) is 7.36. The lowest BCUT2D eigenvalue weighted by Gasteiger charge is -2.21.